The van der Waals surface area contributed by atoms with Gasteiger partial charge in [-0.05, 0) is 57.5 Å². The number of nitrogens with zero attached hydrogens (tertiary/aromatic N) is 4. The zero-order chi connectivity index (χ0) is 24.4. The van der Waals surface area contributed by atoms with Crippen LogP contribution in [0.25, 0.3) is 11.4 Å². The van der Waals surface area contributed by atoms with Crippen molar-refractivity contribution in [3.05, 3.63) is 57.7 Å². The van der Waals surface area contributed by atoms with Crippen LogP contribution in [-0.4, -0.2) is 69.1 Å². The second kappa shape index (κ2) is 9.99. The maximum absolute atomic E-state index is 13.2. The summed E-state index contributed by atoms with van der Waals surface area (Å²) in [5.74, 6) is 0.507. The molecule has 1 saturated heterocycles. The Morgan fingerprint density at radius 3 is 2.47 bits per heavy atom. The Bertz CT molecular complexity index is 1180. The summed E-state index contributed by atoms with van der Waals surface area (Å²) in [6.07, 6.45) is -0.227. The number of benzene rings is 1. The van der Waals surface area contributed by atoms with Gasteiger partial charge in [-0.25, -0.2) is 4.79 Å². The molecule has 0 radical (unpaired) electrons. The SMILES string of the molecule is Cc1[nH]c(C(=O)N2CCN(Cc3nc(-c4ccc(Cl)cc4)no3)CC2)c(C)c1C(=O)OC(C)C. The van der Waals surface area contributed by atoms with Crippen molar-refractivity contribution >= 4 is 23.5 Å². The zero-order valence-electron chi connectivity index (χ0n) is 19.7. The first-order chi connectivity index (χ1) is 16.2. The topological polar surface area (TPSA) is 105 Å². The van der Waals surface area contributed by atoms with Crippen LogP contribution in [0, 0.1) is 13.8 Å². The van der Waals surface area contributed by atoms with Gasteiger partial charge in [0.25, 0.3) is 5.91 Å². The van der Waals surface area contributed by atoms with Crippen LogP contribution in [0.2, 0.25) is 5.02 Å². The van der Waals surface area contributed by atoms with Crippen molar-refractivity contribution in [1.82, 2.24) is 24.9 Å². The van der Waals surface area contributed by atoms with E-state index >= 15 is 0 Å². The Morgan fingerprint density at radius 1 is 1.15 bits per heavy atom. The van der Waals surface area contributed by atoms with Gasteiger partial charge < -0.3 is 19.1 Å². The van der Waals surface area contributed by atoms with Crippen molar-refractivity contribution in [3.8, 4) is 11.4 Å². The van der Waals surface area contributed by atoms with E-state index in [0.29, 0.717) is 72.0 Å². The van der Waals surface area contributed by atoms with Gasteiger partial charge in [0.15, 0.2) is 0 Å². The number of nitrogens with one attached hydrogen (secondary N) is 1. The van der Waals surface area contributed by atoms with Crippen LogP contribution >= 0.6 is 11.6 Å². The molecule has 0 spiro atoms. The van der Waals surface area contributed by atoms with E-state index in [9.17, 15) is 9.59 Å². The number of H-pyrrole nitrogens is 1. The lowest BCUT2D eigenvalue weighted by Crippen LogP contribution is -2.48. The van der Waals surface area contributed by atoms with Gasteiger partial charge in [-0.2, -0.15) is 4.98 Å². The normalized spacial score (nSPS) is 14.6. The van der Waals surface area contributed by atoms with Gasteiger partial charge in [0.1, 0.15) is 5.69 Å². The smallest absolute Gasteiger partial charge is 0.340 e. The summed E-state index contributed by atoms with van der Waals surface area (Å²) < 4.78 is 10.7. The molecule has 10 heteroatoms. The molecule has 0 atom stereocenters. The molecular weight excluding hydrogens is 458 g/mol. The number of rotatable bonds is 6. The molecule has 0 saturated carbocycles. The first kappa shape index (κ1) is 24.0. The highest BCUT2D eigenvalue weighted by Crippen LogP contribution is 2.22. The van der Waals surface area contributed by atoms with E-state index in [4.69, 9.17) is 20.9 Å². The maximum atomic E-state index is 13.2. The number of ether oxygens (including phenoxy) is 1. The van der Waals surface area contributed by atoms with E-state index < -0.39 is 5.97 Å². The van der Waals surface area contributed by atoms with Gasteiger partial charge in [-0.3, -0.25) is 9.69 Å². The fraction of sp³-hybridized carbons (Fsp3) is 0.417. The van der Waals surface area contributed by atoms with Crippen LogP contribution in [0.4, 0.5) is 0 Å². The van der Waals surface area contributed by atoms with E-state index in [1.807, 2.05) is 12.1 Å². The molecule has 1 N–H and O–H groups in total. The predicted octanol–water partition coefficient (Wildman–Crippen LogP) is 3.86. The third-order valence-electron chi connectivity index (χ3n) is 5.79. The van der Waals surface area contributed by atoms with Gasteiger partial charge in [0, 0.05) is 42.5 Å². The number of esters is 1. The minimum Gasteiger partial charge on any atom is -0.459 e. The van der Waals surface area contributed by atoms with Crippen molar-refractivity contribution < 1.29 is 18.8 Å². The second-order valence-corrected chi connectivity index (χ2v) is 9.10. The number of aryl methyl sites for hydroxylation is 1. The van der Waals surface area contributed by atoms with Gasteiger partial charge in [0.2, 0.25) is 11.7 Å². The summed E-state index contributed by atoms with van der Waals surface area (Å²) in [5.41, 5.74) is 2.96. The Morgan fingerprint density at radius 2 is 1.82 bits per heavy atom. The summed E-state index contributed by atoms with van der Waals surface area (Å²) in [7, 11) is 0. The molecule has 4 rings (SSSR count). The summed E-state index contributed by atoms with van der Waals surface area (Å²) >= 11 is 5.93. The van der Waals surface area contributed by atoms with Gasteiger partial charge in [-0.1, -0.05) is 16.8 Å². The number of aromatic amines is 1. The lowest BCUT2D eigenvalue weighted by Gasteiger charge is -2.33. The van der Waals surface area contributed by atoms with Crippen molar-refractivity contribution in [2.45, 2.75) is 40.3 Å². The monoisotopic (exact) mass is 485 g/mol. The standard InChI is InChI=1S/C24H28ClN5O4/c1-14(2)33-24(32)20-15(3)21(26-16(20)4)23(31)30-11-9-29(10-12-30)13-19-27-22(28-34-19)17-5-7-18(25)8-6-17/h5-8,14,26H,9-13H2,1-4H3. The van der Waals surface area contributed by atoms with Crippen molar-refractivity contribution in [3.63, 3.8) is 0 Å². The molecule has 1 amide bonds. The largest absolute Gasteiger partial charge is 0.459 e. The molecule has 0 bridgehead atoms. The first-order valence-electron chi connectivity index (χ1n) is 11.2. The molecule has 1 fully saturated rings. The molecule has 1 aliphatic heterocycles. The molecule has 3 aromatic rings. The fourth-order valence-corrected chi connectivity index (χ4v) is 4.16. The van der Waals surface area contributed by atoms with Crippen LogP contribution in [0.3, 0.4) is 0 Å². The second-order valence-electron chi connectivity index (χ2n) is 8.67. The van der Waals surface area contributed by atoms with Gasteiger partial charge in [0.05, 0.1) is 18.2 Å². The summed E-state index contributed by atoms with van der Waals surface area (Å²) in [6.45, 7) is 10.1. The highest BCUT2D eigenvalue weighted by Gasteiger charge is 2.29. The number of aromatic nitrogens is 3. The number of carbonyl (C=O) groups is 2. The number of piperazine rings is 1. The Kier molecular flexibility index (Phi) is 7.04. The van der Waals surface area contributed by atoms with Crippen LogP contribution < -0.4 is 0 Å². The molecule has 2 aromatic heterocycles. The van der Waals surface area contributed by atoms with Gasteiger partial charge in [-0.15, -0.1) is 0 Å². The minimum atomic E-state index is -0.414. The van der Waals surface area contributed by atoms with Crippen LogP contribution in [0.1, 0.15) is 51.8 Å². The number of carbonyl (C=O) groups excluding carboxylic acids is 2. The van der Waals surface area contributed by atoms with E-state index in [1.165, 1.54) is 0 Å². The quantitative estimate of drug-likeness (QED) is 0.528. The Hall–Kier alpha value is -3.17. The third kappa shape index (κ3) is 5.15. The van der Waals surface area contributed by atoms with Gasteiger partial charge >= 0.3 is 5.97 Å². The summed E-state index contributed by atoms with van der Waals surface area (Å²) in [6, 6.07) is 7.26. The number of hydrogen-bond acceptors (Lipinski definition) is 7. The Balaban J connectivity index is 1.36. The highest BCUT2D eigenvalue weighted by molar-refractivity contribution is 6.30. The summed E-state index contributed by atoms with van der Waals surface area (Å²) in [5, 5.41) is 4.70. The van der Waals surface area contributed by atoms with E-state index in [0.717, 1.165) is 5.56 Å². The first-order valence-corrected chi connectivity index (χ1v) is 11.6. The molecule has 3 heterocycles. The van der Waals surface area contributed by atoms with E-state index in [-0.39, 0.29) is 12.0 Å². The number of amides is 1. The van der Waals surface area contributed by atoms with E-state index in [2.05, 4.69) is 20.0 Å². The lowest BCUT2D eigenvalue weighted by atomic mass is 10.1. The fourth-order valence-electron chi connectivity index (χ4n) is 4.04. The van der Waals surface area contributed by atoms with Crippen LogP contribution in [0.15, 0.2) is 28.8 Å². The van der Waals surface area contributed by atoms with Crippen LogP contribution in [0.5, 0.6) is 0 Å². The molecule has 9 nitrogen and oxygen atoms in total. The average molecular weight is 486 g/mol. The molecule has 0 unspecified atom stereocenters. The minimum absolute atomic E-state index is 0.119. The summed E-state index contributed by atoms with van der Waals surface area (Å²) in [4.78, 5) is 37.1. The van der Waals surface area contributed by atoms with Crippen molar-refractivity contribution in [1.29, 1.82) is 0 Å². The zero-order valence-corrected chi connectivity index (χ0v) is 20.5. The third-order valence-corrected chi connectivity index (χ3v) is 6.04. The Labute approximate surface area is 203 Å². The highest BCUT2D eigenvalue weighted by atomic mass is 35.5. The number of halogens is 1. The average Bonchev–Trinajstić information content (AvgIpc) is 3.37. The molecule has 1 aliphatic rings. The molecule has 180 valence electrons. The predicted molar refractivity (Wildman–Crippen MR) is 127 cm³/mol. The number of hydrogen-bond donors (Lipinski definition) is 1. The van der Waals surface area contributed by atoms with Crippen LogP contribution in [-0.2, 0) is 11.3 Å². The van der Waals surface area contributed by atoms with Crippen molar-refractivity contribution in [2.24, 2.45) is 0 Å². The maximum Gasteiger partial charge on any atom is 0.340 e. The van der Waals surface area contributed by atoms with E-state index in [1.54, 1.807) is 44.7 Å². The molecule has 34 heavy (non-hydrogen) atoms. The molecule has 0 aliphatic carbocycles. The lowest BCUT2D eigenvalue weighted by molar-refractivity contribution is 0.0376. The van der Waals surface area contributed by atoms with Crippen molar-refractivity contribution in [2.75, 3.05) is 26.2 Å². The molecular formula is C24H28ClN5O4. The molecule has 1 aromatic carbocycles.